The van der Waals surface area contributed by atoms with Crippen LogP contribution >= 0.6 is 11.3 Å². The Balaban J connectivity index is 1.44. The molecule has 164 valence electrons. The van der Waals surface area contributed by atoms with Crippen molar-refractivity contribution in [3.63, 3.8) is 0 Å². The number of H-pyrrole nitrogens is 1. The van der Waals surface area contributed by atoms with Gasteiger partial charge in [0.1, 0.15) is 5.75 Å². The molecule has 1 aromatic carbocycles. The van der Waals surface area contributed by atoms with Gasteiger partial charge >= 0.3 is 0 Å². The Labute approximate surface area is 185 Å². The van der Waals surface area contributed by atoms with E-state index in [1.165, 1.54) is 11.3 Å². The first-order valence-electron chi connectivity index (χ1n) is 10.5. The van der Waals surface area contributed by atoms with E-state index >= 15 is 0 Å². The third-order valence-corrected chi connectivity index (χ3v) is 8.23. The maximum Gasteiger partial charge on any atom is 0.208 e. The average Bonchev–Trinajstić information content (AvgIpc) is 3.46. The van der Waals surface area contributed by atoms with Crippen molar-refractivity contribution in [2.75, 3.05) is 25.6 Å². The van der Waals surface area contributed by atoms with Gasteiger partial charge in [0.25, 0.3) is 0 Å². The molecule has 8 nitrogen and oxygen atoms in total. The summed E-state index contributed by atoms with van der Waals surface area (Å²) >= 11 is 1.49. The number of hydrogen-bond acceptors (Lipinski definition) is 8. The summed E-state index contributed by atoms with van der Waals surface area (Å²) in [6.07, 6.45) is 5.83. The largest absolute Gasteiger partial charge is 0.507 e. The molecule has 1 aliphatic carbocycles. The number of methoxy groups -OCH3 is 1. The van der Waals surface area contributed by atoms with Gasteiger partial charge in [-0.15, -0.1) is 10.2 Å². The Morgan fingerprint density at radius 1 is 1.23 bits per heavy atom. The van der Waals surface area contributed by atoms with Crippen LogP contribution in [0.5, 0.6) is 5.75 Å². The van der Waals surface area contributed by atoms with Crippen molar-refractivity contribution in [2.45, 2.75) is 44.4 Å². The Hall–Kier alpha value is -2.49. The van der Waals surface area contributed by atoms with E-state index in [0.717, 1.165) is 35.6 Å². The Kier molecular flexibility index (Phi) is 4.80. The molecule has 3 fully saturated rings. The van der Waals surface area contributed by atoms with Crippen LogP contribution in [0.2, 0.25) is 0 Å². The summed E-state index contributed by atoms with van der Waals surface area (Å²) in [4.78, 5) is 2.23. The smallest absolute Gasteiger partial charge is 0.208 e. The molecular formula is C22H28N6O2S. The molecule has 1 unspecified atom stereocenters. The summed E-state index contributed by atoms with van der Waals surface area (Å²) in [6, 6.07) is 5.77. The molecule has 0 spiro atoms. The van der Waals surface area contributed by atoms with Crippen molar-refractivity contribution >= 4 is 16.5 Å². The molecule has 3 aliphatic rings. The standard InChI is InChI=1S/C22H28N6O2S/c1-21-7-8-22(2,23-12-21)18(30-4)17(21)28(3)20-27-26-19(31-20)15-6-5-13(9-16(15)29)14-10-24-25-11-14/h5-6,9-11,17-18,23,29H,7-8,12H2,1-4H3,(H,24,25)/t17-,18?,21+,22+/m0/s1. The van der Waals surface area contributed by atoms with Gasteiger partial charge in [0.05, 0.1) is 23.9 Å². The predicted molar refractivity (Wildman–Crippen MR) is 121 cm³/mol. The van der Waals surface area contributed by atoms with Crippen LogP contribution in [-0.4, -0.2) is 63.9 Å². The Bertz CT molecular complexity index is 1070. The van der Waals surface area contributed by atoms with E-state index in [1.807, 2.05) is 12.1 Å². The first-order chi connectivity index (χ1) is 14.8. The molecule has 4 heterocycles. The second-order valence-corrected chi connectivity index (χ2v) is 10.2. The molecule has 4 atom stereocenters. The zero-order chi connectivity index (χ0) is 21.8. The fourth-order valence-electron chi connectivity index (χ4n) is 5.28. The molecule has 1 saturated carbocycles. The quantitative estimate of drug-likeness (QED) is 0.560. The molecule has 3 aromatic rings. The van der Waals surface area contributed by atoms with Crippen molar-refractivity contribution < 1.29 is 9.84 Å². The van der Waals surface area contributed by atoms with E-state index in [4.69, 9.17) is 4.74 Å². The third-order valence-electron chi connectivity index (χ3n) is 7.19. The van der Waals surface area contributed by atoms with Crippen molar-refractivity contribution in [2.24, 2.45) is 5.41 Å². The number of piperidine rings is 2. The van der Waals surface area contributed by atoms with Crippen molar-refractivity contribution in [1.82, 2.24) is 25.7 Å². The highest BCUT2D eigenvalue weighted by atomic mass is 32.1. The number of aromatic amines is 1. The van der Waals surface area contributed by atoms with Crippen LogP contribution in [0, 0.1) is 5.41 Å². The van der Waals surface area contributed by atoms with E-state index in [0.29, 0.717) is 10.6 Å². The second kappa shape index (κ2) is 7.29. The average molecular weight is 441 g/mol. The molecule has 2 aliphatic heterocycles. The minimum atomic E-state index is -0.0415. The normalized spacial score (nSPS) is 29.9. The van der Waals surface area contributed by atoms with Gasteiger partial charge in [-0.3, -0.25) is 5.10 Å². The zero-order valence-corrected chi connectivity index (χ0v) is 19.0. The molecule has 6 rings (SSSR count). The number of fused-ring (bicyclic) bond motifs is 3. The number of aromatic nitrogens is 4. The van der Waals surface area contributed by atoms with Gasteiger partial charge in [0.2, 0.25) is 5.13 Å². The molecular weight excluding hydrogens is 412 g/mol. The minimum absolute atomic E-state index is 0.0415. The molecule has 0 amide bonds. The van der Waals surface area contributed by atoms with E-state index < -0.39 is 0 Å². The van der Waals surface area contributed by atoms with E-state index in [1.54, 1.807) is 25.6 Å². The van der Waals surface area contributed by atoms with Gasteiger partial charge in [0, 0.05) is 43.4 Å². The molecule has 0 radical (unpaired) electrons. The number of phenols is 1. The van der Waals surface area contributed by atoms with Crippen LogP contribution in [-0.2, 0) is 4.74 Å². The predicted octanol–water partition coefficient (Wildman–Crippen LogP) is 3.28. The van der Waals surface area contributed by atoms with Crippen LogP contribution in [0.3, 0.4) is 0 Å². The highest BCUT2D eigenvalue weighted by Crippen LogP contribution is 2.49. The van der Waals surface area contributed by atoms with Crippen LogP contribution in [0.15, 0.2) is 30.6 Å². The number of nitrogens with zero attached hydrogens (tertiary/aromatic N) is 4. The van der Waals surface area contributed by atoms with Crippen LogP contribution in [0.25, 0.3) is 21.7 Å². The molecule has 2 saturated heterocycles. The van der Waals surface area contributed by atoms with E-state index in [2.05, 4.69) is 51.5 Å². The van der Waals surface area contributed by atoms with E-state index in [9.17, 15) is 5.11 Å². The third kappa shape index (κ3) is 3.22. The second-order valence-electron chi connectivity index (χ2n) is 9.25. The van der Waals surface area contributed by atoms with Crippen molar-refractivity contribution in [3.05, 3.63) is 30.6 Å². The minimum Gasteiger partial charge on any atom is -0.507 e. The number of rotatable bonds is 5. The molecule has 31 heavy (non-hydrogen) atoms. The lowest BCUT2D eigenvalue weighted by Gasteiger charge is -2.61. The number of nitrogens with one attached hydrogen (secondary N) is 2. The van der Waals surface area contributed by atoms with Gasteiger partial charge in [-0.05, 0) is 37.5 Å². The van der Waals surface area contributed by atoms with Gasteiger partial charge < -0.3 is 20.1 Å². The number of aromatic hydroxyl groups is 1. The fourth-order valence-corrected chi connectivity index (χ4v) is 6.16. The molecule has 3 N–H and O–H groups in total. The lowest BCUT2D eigenvalue weighted by Crippen LogP contribution is -2.76. The maximum atomic E-state index is 10.6. The van der Waals surface area contributed by atoms with Crippen LogP contribution < -0.4 is 10.2 Å². The molecule has 2 bridgehead atoms. The Morgan fingerprint density at radius 3 is 2.71 bits per heavy atom. The molecule has 9 heteroatoms. The van der Waals surface area contributed by atoms with Crippen molar-refractivity contribution in [3.8, 4) is 27.4 Å². The lowest BCUT2D eigenvalue weighted by atomic mass is 9.59. The summed E-state index contributed by atoms with van der Waals surface area (Å²) in [5.41, 5.74) is 2.55. The number of likely N-dealkylation sites (N-methyl/N-ethyl adjacent to an activating group) is 1. The van der Waals surface area contributed by atoms with Gasteiger partial charge in [-0.1, -0.05) is 24.3 Å². The number of ether oxygens (including phenoxy) is 1. The topological polar surface area (TPSA) is 99.2 Å². The summed E-state index contributed by atoms with van der Waals surface area (Å²) < 4.78 is 6.01. The first-order valence-corrected chi connectivity index (χ1v) is 11.3. The summed E-state index contributed by atoms with van der Waals surface area (Å²) in [6.45, 7) is 5.54. The zero-order valence-electron chi connectivity index (χ0n) is 18.2. The number of anilines is 1. The number of benzene rings is 1. The highest BCUT2D eigenvalue weighted by molar-refractivity contribution is 7.18. The molecule has 2 aromatic heterocycles. The fraction of sp³-hybridized carbons (Fsp3) is 0.500. The number of hydrogen-bond donors (Lipinski definition) is 3. The number of phenolic OH excluding ortho intramolecular Hbond substituents is 1. The SMILES string of the molecule is COC1[C@H](N(C)c2nnc(-c3ccc(-c4cn[nH]c4)cc3O)s2)[C@]2(C)CC[C@@]1(C)NC2. The monoisotopic (exact) mass is 440 g/mol. The van der Waals surface area contributed by atoms with Crippen molar-refractivity contribution in [1.29, 1.82) is 0 Å². The highest BCUT2D eigenvalue weighted by Gasteiger charge is 2.58. The van der Waals surface area contributed by atoms with Gasteiger partial charge in [-0.2, -0.15) is 5.10 Å². The lowest BCUT2D eigenvalue weighted by molar-refractivity contribution is -0.101. The summed E-state index contributed by atoms with van der Waals surface area (Å²) in [7, 11) is 3.88. The van der Waals surface area contributed by atoms with Crippen LogP contribution in [0.4, 0.5) is 5.13 Å². The Morgan fingerprint density at radius 2 is 2.06 bits per heavy atom. The van der Waals surface area contributed by atoms with Crippen LogP contribution in [0.1, 0.15) is 26.7 Å². The van der Waals surface area contributed by atoms with Gasteiger partial charge in [0.15, 0.2) is 5.01 Å². The first kappa shape index (κ1) is 20.4. The summed E-state index contributed by atoms with van der Waals surface area (Å²) in [5.74, 6) is 0.180. The van der Waals surface area contributed by atoms with Gasteiger partial charge in [-0.25, -0.2) is 0 Å². The van der Waals surface area contributed by atoms with E-state index in [-0.39, 0.29) is 28.8 Å². The maximum absolute atomic E-state index is 10.6. The summed E-state index contributed by atoms with van der Waals surface area (Å²) in [5, 5.41) is 31.5.